The second-order valence-electron chi connectivity index (χ2n) is 5.67. The van der Waals surface area contributed by atoms with Gasteiger partial charge in [0.2, 0.25) is 5.91 Å². The predicted molar refractivity (Wildman–Crippen MR) is 89.4 cm³/mol. The summed E-state index contributed by atoms with van der Waals surface area (Å²) in [4.78, 5) is 18.4. The zero-order valence-corrected chi connectivity index (χ0v) is 13.6. The average molecular weight is 331 g/mol. The summed E-state index contributed by atoms with van der Waals surface area (Å²) in [6.45, 7) is 1.80. The zero-order chi connectivity index (χ0) is 16.1. The highest BCUT2D eigenvalue weighted by atomic mass is 35.5. The van der Waals surface area contributed by atoms with Crippen molar-refractivity contribution in [2.45, 2.75) is 18.9 Å². The highest BCUT2D eigenvalue weighted by molar-refractivity contribution is 6.31. The van der Waals surface area contributed by atoms with E-state index in [1.807, 2.05) is 41.3 Å². The fourth-order valence-corrected chi connectivity index (χ4v) is 2.98. The van der Waals surface area contributed by atoms with Crippen LogP contribution in [-0.4, -0.2) is 41.6 Å². The third kappa shape index (κ3) is 4.30. The number of halogens is 1. The highest BCUT2D eigenvalue weighted by Crippen LogP contribution is 2.19. The topological polar surface area (TPSA) is 42.4 Å². The molecule has 0 radical (unpaired) electrons. The van der Waals surface area contributed by atoms with Gasteiger partial charge in [0.25, 0.3) is 0 Å². The Labute approximate surface area is 141 Å². The Morgan fingerprint density at radius 2 is 2.17 bits per heavy atom. The van der Waals surface area contributed by atoms with Crippen molar-refractivity contribution < 1.29 is 9.53 Å². The van der Waals surface area contributed by atoms with Crippen molar-refractivity contribution in [3.05, 3.63) is 64.9 Å². The van der Waals surface area contributed by atoms with Gasteiger partial charge < -0.3 is 9.64 Å². The predicted octanol–water partition coefficient (Wildman–Crippen LogP) is 2.75. The van der Waals surface area contributed by atoms with Gasteiger partial charge in [-0.25, -0.2) is 0 Å². The van der Waals surface area contributed by atoms with Crippen LogP contribution in [0.15, 0.2) is 48.8 Å². The summed E-state index contributed by atoms with van der Waals surface area (Å²) in [6.07, 6.45) is 4.53. The molecule has 1 aliphatic heterocycles. The molecular weight excluding hydrogens is 312 g/mol. The monoisotopic (exact) mass is 330 g/mol. The molecule has 1 unspecified atom stereocenters. The summed E-state index contributed by atoms with van der Waals surface area (Å²) in [7, 11) is 0. The first-order valence-corrected chi connectivity index (χ1v) is 8.12. The Kier molecular flexibility index (Phi) is 5.26. The molecule has 0 N–H and O–H groups in total. The van der Waals surface area contributed by atoms with E-state index in [4.69, 9.17) is 16.3 Å². The van der Waals surface area contributed by atoms with Crippen LogP contribution in [0.4, 0.5) is 0 Å². The number of rotatable bonds is 4. The lowest BCUT2D eigenvalue weighted by Gasteiger charge is -2.33. The SMILES string of the molecule is O=C(Cc1cccnc1)N1CCOC(Cc2ccccc2Cl)C1. The smallest absolute Gasteiger partial charge is 0.227 e. The second-order valence-corrected chi connectivity index (χ2v) is 6.07. The Hall–Kier alpha value is -1.91. The van der Waals surface area contributed by atoms with E-state index in [0.29, 0.717) is 26.1 Å². The molecule has 4 nitrogen and oxygen atoms in total. The van der Waals surface area contributed by atoms with Crippen molar-refractivity contribution in [2.24, 2.45) is 0 Å². The molecule has 1 aromatic heterocycles. The Morgan fingerprint density at radius 3 is 2.96 bits per heavy atom. The van der Waals surface area contributed by atoms with E-state index in [2.05, 4.69) is 4.98 Å². The van der Waals surface area contributed by atoms with E-state index >= 15 is 0 Å². The van der Waals surface area contributed by atoms with Gasteiger partial charge in [-0.15, -0.1) is 0 Å². The van der Waals surface area contributed by atoms with Crippen LogP contribution in [0, 0.1) is 0 Å². The molecular formula is C18H19ClN2O2. The third-order valence-corrected chi connectivity index (χ3v) is 4.34. The van der Waals surface area contributed by atoms with Crippen LogP contribution >= 0.6 is 11.6 Å². The first-order chi connectivity index (χ1) is 11.2. The van der Waals surface area contributed by atoms with Gasteiger partial charge >= 0.3 is 0 Å². The molecule has 120 valence electrons. The maximum Gasteiger partial charge on any atom is 0.227 e. The van der Waals surface area contributed by atoms with Crippen LogP contribution < -0.4 is 0 Å². The van der Waals surface area contributed by atoms with Crippen molar-refractivity contribution >= 4 is 17.5 Å². The number of hydrogen-bond acceptors (Lipinski definition) is 3. The van der Waals surface area contributed by atoms with Gasteiger partial charge in [-0.1, -0.05) is 35.9 Å². The van der Waals surface area contributed by atoms with Gasteiger partial charge in [0.1, 0.15) is 0 Å². The van der Waals surface area contributed by atoms with Crippen LogP contribution in [0.25, 0.3) is 0 Å². The Balaban J connectivity index is 1.59. The summed E-state index contributed by atoms with van der Waals surface area (Å²) in [5.74, 6) is 0.116. The van der Waals surface area contributed by atoms with E-state index in [1.165, 1.54) is 0 Å². The van der Waals surface area contributed by atoms with Crippen molar-refractivity contribution in [1.29, 1.82) is 0 Å². The molecule has 0 spiro atoms. The summed E-state index contributed by atoms with van der Waals surface area (Å²) in [5, 5.41) is 0.745. The number of morpholine rings is 1. The van der Waals surface area contributed by atoms with Crippen LogP contribution in [0.1, 0.15) is 11.1 Å². The largest absolute Gasteiger partial charge is 0.374 e. The van der Waals surface area contributed by atoms with Crippen molar-refractivity contribution in [3.8, 4) is 0 Å². The first-order valence-electron chi connectivity index (χ1n) is 7.74. The minimum atomic E-state index is -0.0125. The van der Waals surface area contributed by atoms with E-state index in [1.54, 1.807) is 12.4 Å². The Morgan fingerprint density at radius 1 is 1.30 bits per heavy atom. The first kappa shape index (κ1) is 16.0. The van der Waals surface area contributed by atoms with Gasteiger partial charge in [0, 0.05) is 36.9 Å². The molecule has 3 rings (SSSR count). The van der Waals surface area contributed by atoms with Gasteiger partial charge in [-0.2, -0.15) is 0 Å². The number of amides is 1. The minimum Gasteiger partial charge on any atom is -0.374 e. The van der Waals surface area contributed by atoms with Gasteiger partial charge in [-0.3, -0.25) is 9.78 Å². The maximum atomic E-state index is 12.4. The van der Waals surface area contributed by atoms with Crippen LogP contribution in [0.2, 0.25) is 5.02 Å². The van der Waals surface area contributed by atoms with Crippen LogP contribution in [0.5, 0.6) is 0 Å². The van der Waals surface area contributed by atoms with Crippen molar-refractivity contribution in [3.63, 3.8) is 0 Å². The Bertz CT molecular complexity index is 663. The summed E-state index contributed by atoms with van der Waals surface area (Å²) in [6, 6.07) is 11.5. The standard InChI is InChI=1S/C18H19ClN2O2/c19-17-6-2-1-5-15(17)11-16-13-21(8-9-23-16)18(22)10-14-4-3-7-20-12-14/h1-7,12,16H,8-11,13H2. The molecule has 0 aliphatic carbocycles. The number of aromatic nitrogens is 1. The van der Waals surface area contributed by atoms with Crippen LogP contribution in [-0.2, 0) is 22.4 Å². The summed E-state index contributed by atoms with van der Waals surface area (Å²) in [5.41, 5.74) is 1.99. The normalized spacial score (nSPS) is 18.0. The molecule has 5 heteroatoms. The fourth-order valence-electron chi connectivity index (χ4n) is 2.77. The molecule has 0 bridgehead atoms. The number of carbonyl (C=O) groups excluding carboxylic acids is 1. The molecule has 1 aliphatic rings. The van der Waals surface area contributed by atoms with Gasteiger partial charge in [0.05, 0.1) is 19.1 Å². The molecule has 0 saturated carbocycles. The molecule has 2 heterocycles. The summed E-state index contributed by atoms with van der Waals surface area (Å²) < 4.78 is 5.80. The zero-order valence-electron chi connectivity index (χ0n) is 12.8. The molecule has 23 heavy (non-hydrogen) atoms. The quantitative estimate of drug-likeness (QED) is 0.865. The third-order valence-electron chi connectivity index (χ3n) is 3.98. The molecule has 2 aromatic rings. The minimum absolute atomic E-state index is 0.0125. The average Bonchev–Trinajstić information content (AvgIpc) is 2.58. The van der Waals surface area contributed by atoms with Crippen molar-refractivity contribution in [2.75, 3.05) is 19.7 Å². The summed E-state index contributed by atoms with van der Waals surface area (Å²) >= 11 is 6.21. The van der Waals surface area contributed by atoms with Crippen molar-refractivity contribution in [1.82, 2.24) is 9.88 Å². The van der Waals surface area contributed by atoms with Gasteiger partial charge in [-0.05, 0) is 23.3 Å². The number of nitrogens with zero attached hydrogens (tertiary/aromatic N) is 2. The number of benzene rings is 1. The number of pyridine rings is 1. The maximum absolute atomic E-state index is 12.4. The van der Waals surface area contributed by atoms with Gasteiger partial charge in [0.15, 0.2) is 0 Å². The fraction of sp³-hybridized carbons (Fsp3) is 0.333. The van der Waals surface area contributed by atoms with E-state index < -0.39 is 0 Å². The van der Waals surface area contributed by atoms with E-state index in [-0.39, 0.29) is 12.0 Å². The molecule has 1 amide bonds. The highest BCUT2D eigenvalue weighted by Gasteiger charge is 2.24. The molecule has 1 fully saturated rings. The number of hydrogen-bond donors (Lipinski definition) is 0. The second kappa shape index (κ2) is 7.57. The molecule has 1 aromatic carbocycles. The lowest BCUT2D eigenvalue weighted by molar-refractivity contribution is -0.138. The lowest BCUT2D eigenvalue weighted by Crippen LogP contribution is -2.46. The molecule has 1 atom stereocenters. The van der Waals surface area contributed by atoms with E-state index in [0.717, 1.165) is 22.6 Å². The number of carbonyl (C=O) groups is 1. The number of ether oxygens (including phenoxy) is 1. The lowest BCUT2D eigenvalue weighted by atomic mass is 10.1. The van der Waals surface area contributed by atoms with Crippen LogP contribution in [0.3, 0.4) is 0 Å². The molecule has 1 saturated heterocycles. The van der Waals surface area contributed by atoms with E-state index in [9.17, 15) is 4.79 Å².